The first-order chi connectivity index (χ1) is 17.8. The molecular formula is C25H21N3O7S2. The Labute approximate surface area is 218 Å². The van der Waals surface area contributed by atoms with Crippen molar-refractivity contribution in [3.8, 4) is 11.5 Å². The Morgan fingerprint density at radius 3 is 2.65 bits per heavy atom. The van der Waals surface area contributed by atoms with E-state index in [9.17, 15) is 19.7 Å². The lowest BCUT2D eigenvalue weighted by atomic mass is 9.96. The molecule has 0 saturated carbocycles. The molecule has 0 spiro atoms. The summed E-state index contributed by atoms with van der Waals surface area (Å²) in [5, 5.41) is 11.7. The first-order valence-corrected chi connectivity index (χ1v) is 13.3. The predicted octanol–water partition coefficient (Wildman–Crippen LogP) is 3.16. The van der Waals surface area contributed by atoms with Gasteiger partial charge in [0.2, 0.25) is 6.79 Å². The van der Waals surface area contributed by atoms with Crippen LogP contribution in [0.25, 0.3) is 6.08 Å². The molecule has 2 aliphatic rings. The molecule has 37 heavy (non-hydrogen) atoms. The van der Waals surface area contributed by atoms with E-state index >= 15 is 0 Å². The van der Waals surface area contributed by atoms with Crippen molar-refractivity contribution in [2.45, 2.75) is 24.8 Å². The van der Waals surface area contributed by atoms with Crippen LogP contribution in [-0.2, 0) is 9.53 Å². The van der Waals surface area contributed by atoms with Gasteiger partial charge in [-0.05, 0) is 49.9 Å². The van der Waals surface area contributed by atoms with E-state index in [1.807, 2.05) is 30.5 Å². The maximum absolute atomic E-state index is 13.7. The number of nitro groups is 1. The van der Waals surface area contributed by atoms with Crippen molar-refractivity contribution >= 4 is 40.8 Å². The van der Waals surface area contributed by atoms with Gasteiger partial charge in [0.05, 0.1) is 45.0 Å². The standard InChI is InChI=1S/C25H21N3O7S2/c1-4-33-24(30)21-13(2)26-25-27(22(21)14-5-7-16(36-3)8-6-14)23(29)20(37-25)10-15-9-18-19(35-12-34-18)11-17(15)28(31)32/h5-11,22H,4,12H2,1-3H3/b20-10-. The predicted molar refractivity (Wildman–Crippen MR) is 138 cm³/mol. The lowest BCUT2D eigenvalue weighted by molar-refractivity contribution is -0.385. The van der Waals surface area contributed by atoms with Gasteiger partial charge < -0.3 is 14.2 Å². The molecule has 10 nitrogen and oxygen atoms in total. The summed E-state index contributed by atoms with van der Waals surface area (Å²) in [4.78, 5) is 43.9. The lowest BCUT2D eigenvalue weighted by Gasteiger charge is -2.24. The van der Waals surface area contributed by atoms with Gasteiger partial charge in [0.15, 0.2) is 16.3 Å². The fourth-order valence-electron chi connectivity index (χ4n) is 4.26. The molecule has 190 valence electrons. The molecule has 0 radical (unpaired) electrons. The zero-order valence-electron chi connectivity index (χ0n) is 20.0. The molecule has 1 atom stereocenters. The SMILES string of the molecule is CCOC(=O)C1=C(C)N=c2s/c(=C\c3cc4c(cc3[N+](=O)[O-])OCO4)c(=O)n2C1c1ccc(SC)cc1. The van der Waals surface area contributed by atoms with Gasteiger partial charge in [0.1, 0.15) is 0 Å². The zero-order chi connectivity index (χ0) is 26.3. The molecule has 0 fully saturated rings. The summed E-state index contributed by atoms with van der Waals surface area (Å²) in [6.07, 6.45) is 3.41. The third-order valence-corrected chi connectivity index (χ3v) is 7.68. The van der Waals surface area contributed by atoms with Gasteiger partial charge in [0, 0.05) is 4.90 Å². The first-order valence-electron chi connectivity index (χ1n) is 11.2. The van der Waals surface area contributed by atoms with E-state index in [2.05, 4.69) is 4.99 Å². The Hall–Kier alpha value is -3.90. The number of benzene rings is 2. The van der Waals surface area contributed by atoms with Crippen molar-refractivity contribution in [3.63, 3.8) is 0 Å². The number of thiazole rings is 1. The fraction of sp³-hybridized carbons (Fsp3) is 0.240. The molecule has 0 saturated heterocycles. The summed E-state index contributed by atoms with van der Waals surface area (Å²) in [5.74, 6) is 0.0777. The molecule has 0 N–H and O–H groups in total. The van der Waals surface area contributed by atoms with Gasteiger partial charge in [-0.1, -0.05) is 23.5 Å². The van der Waals surface area contributed by atoms with Crippen LogP contribution < -0.4 is 24.4 Å². The number of aromatic nitrogens is 1. The van der Waals surface area contributed by atoms with Gasteiger partial charge >= 0.3 is 5.97 Å². The number of rotatable bonds is 6. The highest BCUT2D eigenvalue weighted by Crippen LogP contribution is 2.38. The number of carbonyl (C=O) groups is 1. The van der Waals surface area contributed by atoms with Crippen molar-refractivity contribution in [1.82, 2.24) is 4.57 Å². The maximum atomic E-state index is 13.7. The van der Waals surface area contributed by atoms with E-state index in [1.54, 1.807) is 25.6 Å². The minimum absolute atomic E-state index is 0.0383. The van der Waals surface area contributed by atoms with Gasteiger partial charge in [-0.15, -0.1) is 11.8 Å². The Balaban J connectivity index is 1.72. The van der Waals surface area contributed by atoms with Crippen molar-refractivity contribution in [2.75, 3.05) is 19.7 Å². The maximum Gasteiger partial charge on any atom is 0.338 e. The molecule has 0 aliphatic carbocycles. The summed E-state index contributed by atoms with van der Waals surface area (Å²) in [7, 11) is 0. The smallest absolute Gasteiger partial charge is 0.338 e. The number of fused-ring (bicyclic) bond motifs is 2. The Morgan fingerprint density at radius 1 is 1.30 bits per heavy atom. The largest absolute Gasteiger partial charge is 0.463 e. The molecule has 5 rings (SSSR count). The number of allylic oxidation sites excluding steroid dienone is 1. The number of hydrogen-bond donors (Lipinski definition) is 0. The van der Waals surface area contributed by atoms with E-state index in [4.69, 9.17) is 14.2 Å². The molecule has 0 amide bonds. The van der Waals surface area contributed by atoms with Gasteiger partial charge in [-0.25, -0.2) is 9.79 Å². The number of thioether (sulfide) groups is 1. The van der Waals surface area contributed by atoms with Gasteiger partial charge in [-0.2, -0.15) is 0 Å². The second-order valence-electron chi connectivity index (χ2n) is 8.10. The normalized spacial score (nSPS) is 16.4. The average Bonchev–Trinajstić information content (AvgIpc) is 3.46. The highest BCUT2D eigenvalue weighted by atomic mass is 32.2. The van der Waals surface area contributed by atoms with Crippen molar-refractivity contribution < 1.29 is 23.9 Å². The van der Waals surface area contributed by atoms with E-state index in [-0.39, 0.29) is 40.5 Å². The topological polar surface area (TPSA) is 122 Å². The number of nitro benzene ring substituents is 1. The quantitative estimate of drug-likeness (QED) is 0.203. The third kappa shape index (κ3) is 4.42. The monoisotopic (exact) mass is 539 g/mol. The number of nitrogens with zero attached hydrogens (tertiary/aromatic N) is 3. The van der Waals surface area contributed by atoms with Crippen LogP contribution in [0.5, 0.6) is 11.5 Å². The summed E-state index contributed by atoms with van der Waals surface area (Å²) in [5.41, 5.74) is 0.983. The Bertz CT molecular complexity index is 1640. The number of carbonyl (C=O) groups excluding carboxylic acids is 1. The van der Waals surface area contributed by atoms with E-state index < -0.39 is 22.5 Å². The van der Waals surface area contributed by atoms with Crippen LogP contribution in [-0.4, -0.2) is 35.1 Å². The Morgan fingerprint density at radius 2 is 2.00 bits per heavy atom. The molecule has 3 heterocycles. The zero-order valence-corrected chi connectivity index (χ0v) is 21.7. The number of hydrogen-bond acceptors (Lipinski definition) is 10. The molecule has 0 bridgehead atoms. The summed E-state index contributed by atoms with van der Waals surface area (Å²) in [6, 6.07) is 9.58. The molecule has 2 aliphatic heterocycles. The van der Waals surface area contributed by atoms with Gasteiger partial charge in [-0.3, -0.25) is 19.5 Å². The van der Waals surface area contributed by atoms with Crippen LogP contribution in [0.2, 0.25) is 0 Å². The van der Waals surface area contributed by atoms with E-state index in [0.29, 0.717) is 16.2 Å². The molecule has 2 aromatic carbocycles. The van der Waals surface area contributed by atoms with Crippen LogP contribution in [0.1, 0.15) is 31.0 Å². The second kappa shape index (κ2) is 9.87. The second-order valence-corrected chi connectivity index (χ2v) is 9.99. The minimum atomic E-state index is -0.764. The molecule has 1 unspecified atom stereocenters. The summed E-state index contributed by atoms with van der Waals surface area (Å²) < 4.78 is 17.6. The molecule has 1 aromatic heterocycles. The van der Waals surface area contributed by atoms with Crippen LogP contribution in [0, 0.1) is 10.1 Å². The molecule has 12 heteroatoms. The van der Waals surface area contributed by atoms with Gasteiger partial charge in [0.25, 0.3) is 11.2 Å². The van der Waals surface area contributed by atoms with E-state index in [1.165, 1.54) is 22.8 Å². The fourth-order valence-corrected chi connectivity index (χ4v) is 5.70. The summed E-state index contributed by atoms with van der Waals surface area (Å²) in [6.45, 7) is 3.55. The summed E-state index contributed by atoms with van der Waals surface area (Å²) >= 11 is 2.67. The molecule has 3 aromatic rings. The van der Waals surface area contributed by atoms with Crippen molar-refractivity contribution in [3.05, 3.63) is 88.6 Å². The molecular weight excluding hydrogens is 518 g/mol. The van der Waals surface area contributed by atoms with Crippen molar-refractivity contribution in [1.29, 1.82) is 0 Å². The lowest BCUT2D eigenvalue weighted by Crippen LogP contribution is -2.39. The van der Waals surface area contributed by atoms with Crippen LogP contribution in [0.4, 0.5) is 5.69 Å². The minimum Gasteiger partial charge on any atom is -0.463 e. The number of ether oxygens (including phenoxy) is 3. The first kappa shape index (κ1) is 24.8. The van der Waals surface area contributed by atoms with Crippen LogP contribution >= 0.6 is 23.1 Å². The average molecular weight is 540 g/mol. The number of esters is 1. The van der Waals surface area contributed by atoms with Crippen molar-refractivity contribution in [2.24, 2.45) is 4.99 Å². The third-order valence-electron chi connectivity index (χ3n) is 5.95. The highest BCUT2D eigenvalue weighted by molar-refractivity contribution is 7.98. The van der Waals surface area contributed by atoms with E-state index in [0.717, 1.165) is 21.8 Å². The van der Waals surface area contributed by atoms with Crippen LogP contribution in [0.3, 0.4) is 0 Å². The van der Waals surface area contributed by atoms with Crippen LogP contribution in [0.15, 0.2) is 62.4 Å². The Kier molecular flexibility index (Phi) is 6.61. The highest BCUT2D eigenvalue weighted by Gasteiger charge is 2.33.